The smallest absolute Gasteiger partial charge is 0.335 e. The normalized spacial score (nSPS) is 18.8. The van der Waals surface area contributed by atoms with Gasteiger partial charge in [0.15, 0.2) is 5.58 Å². The molecule has 0 radical (unpaired) electrons. The van der Waals surface area contributed by atoms with Gasteiger partial charge in [-0.2, -0.15) is 4.98 Å². The first kappa shape index (κ1) is 22.9. The van der Waals surface area contributed by atoms with Gasteiger partial charge in [-0.3, -0.25) is 0 Å². The molecule has 0 amide bonds. The number of anilines is 1. The number of aromatic nitrogens is 2. The largest absolute Gasteiger partial charge is 0.478 e. The van der Waals surface area contributed by atoms with Crippen molar-refractivity contribution in [1.29, 1.82) is 0 Å². The molecule has 2 aliphatic carbocycles. The van der Waals surface area contributed by atoms with Crippen LogP contribution >= 0.6 is 23.2 Å². The molecular formula is C28H23Cl2N3O4. The topological polar surface area (TPSA) is 92.6 Å². The van der Waals surface area contributed by atoms with Crippen LogP contribution in [0.2, 0.25) is 10.0 Å². The number of benzene rings is 2. The molecule has 4 aromatic rings. The summed E-state index contributed by atoms with van der Waals surface area (Å²) in [6.45, 7) is 1.62. The summed E-state index contributed by atoms with van der Waals surface area (Å²) in [5.74, 6) is 0.388. The predicted molar refractivity (Wildman–Crippen MR) is 141 cm³/mol. The first-order chi connectivity index (χ1) is 17.9. The molecule has 188 valence electrons. The molecule has 3 aliphatic rings. The standard InChI is InChI=1S/C28H23Cl2N3O4/c29-18-2-1-3-19(30)23(18)24-22(25(37-32-24)15-4-5-15)17-13-28(14-17)8-10-33(11-9-28)27-31-20-7-6-16(26(34)35)12-21(20)36-27/h1-3,6-7,12-13,15H,4-5,8-11,14H2,(H,34,35). The molecule has 1 saturated heterocycles. The molecule has 7 nitrogen and oxygen atoms in total. The second kappa shape index (κ2) is 8.36. The molecule has 0 atom stereocenters. The van der Waals surface area contributed by atoms with Crippen molar-refractivity contribution in [2.75, 3.05) is 18.0 Å². The summed E-state index contributed by atoms with van der Waals surface area (Å²) in [6, 6.07) is 10.8. The SMILES string of the molecule is O=C(O)c1ccc2nc(N3CCC4(C=C(c5c(-c6c(Cl)cccc6Cl)noc5C5CC5)C4)CC3)oc2c1. The predicted octanol–water partition coefficient (Wildman–Crippen LogP) is 7.44. The maximum Gasteiger partial charge on any atom is 0.335 e. The quantitative estimate of drug-likeness (QED) is 0.283. The maximum absolute atomic E-state index is 11.3. The van der Waals surface area contributed by atoms with Crippen molar-refractivity contribution < 1.29 is 18.8 Å². The molecule has 0 unspecified atom stereocenters. The number of oxazole rings is 1. The van der Waals surface area contributed by atoms with E-state index < -0.39 is 5.97 Å². The first-order valence-electron chi connectivity index (χ1n) is 12.5. The van der Waals surface area contributed by atoms with Gasteiger partial charge in [0, 0.05) is 30.1 Å². The minimum atomic E-state index is -0.982. The maximum atomic E-state index is 11.3. The molecule has 2 fully saturated rings. The molecule has 9 heteroatoms. The Morgan fingerprint density at radius 2 is 1.81 bits per heavy atom. The molecule has 1 spiro atoms. The summed E-state index contributed by atoms with van der Waals surface area (Å²) in [7, 11) is 0. The zero-order valence-electron chi connectivity index (χ0n) is 19.8. The zero-order valence-corrected chi connectivity index (χ0v) is 21.3. The van der Waals surface area contributed by atoms with E-state index in [1.165, 1.54) is 11.6 Å². The lowest BCUT2D eigenvalue weighted by atomic mass is 9.63. The monoisotopic (exact) mass is 535 g/mol. The molecule has 7 rings (SSSR count). The van der Waals surface area contributed by atoms with E-state index >= 15 is 0 Å². The van der Waals surface area contributed by atoms with Crippen LogP contribution in [0.15, 0.2) is 51.4 Å². The Morgan fingerprint density at radius 1 is 1.08 bits per heavy atom. The minimum absolute atomic E-state index is 0.119. The third kappa shape index (κ3) is 3.83. The van der Waals surface area contributed by atoms with Crippen LogP contribution in [-0.4, -0.2) is 34.3 Å². The van der Waals surface area contributed by atoms with Gasteiger partial charge in [0.1, 0.15) is 17.0 Å². The molecule has 1 aliphatic heterocycles. The number of hydrogen-bond acceptors (Lipinski definition) is 6. The van der Waals surface area contributed by atoms with E-state index in [4.69, 9.17) is 32.1 Å². The van der Waals surface area contributed by atoms with Crippen LogP contribution < -0.4 is 4.90 Å². The summed E-state index contributed by atoms with van der Waals surface area (Å²) in [4.78, 5) is 18.0. The van der Waals surface area contributed by atoms with Gasteiger partial charge in [-0.25, -0.2) is 4.79 Å². The molecule has 1 saturated carbocycles. The van der Waals surface area contributed by atoms with Gasteiger partial charge < -0.3 is 18.9 Å². The highest BCUT2D eigenvalue weighted by atomic mass is 35.5. The lowest BCUT2D eigenvalue weighted by Gasteiger charge is -2.46. The van der Waals surface area contributed by atoms with Crippen molar-refractivity contribution in [2.24, 2.45) is 5.41 Å². The fourth-order valence-corrected chi connectivity index (χ4v) is 6.23. The fraction of sp³-hybridized carbons (Fsp3) is 0.321. The molecule has 2 aromatic carbocycles. The van der Waals surface area contributed by atoms with Crippen molar-refractivity contribution in [3.05, 3.63) is 69.4 Å². The first-order valence-corrected chi connectivity index (χ1v) is 13.2. The highest BCUT2D eigenvalue weighted by Gasteiger charge is 2.44. The number of carbonyl (C=O) groups is 1. The fourth-order valence-electron chi connectivity index (χ4n) is 5.66. The van der Waals surface area contributed by atoms with Crippen LogP contribution in [0.3, 0.4) is 0 Å². The van der Waals surface area contributed by atoms with Crippen LogP contribution in [-0.2, 0) is 0 Å². The summed E-state index contributed by atoms with van der Waals surface area (Å²) < 4.78 is 11.8. The van der Waals surface area contributed by atoms with Gasteiger partial charge in [0.25, 0.3) is 6.01 Å². The third-order valence-electron chi connectivity index (χ3n) is 7.86. The van der Waals surface area contributed by atoms with E-state index in [9.17, 15) is 9.90 Å². The Bertz CT molecular complexity index is 1570. The van der Waals surface area contributed by atoms with Crippen molar-refractivity contribution >= 4 is 51.9 Å². The van der Waals surface area contributed by atoms with Crippen molar-refractivity contribution in [2.45, 2.75) is 38.0 Å². The number of piperidine rings is 1. The third-order valence-corrected chi connectivity index (χ3v) is 8.49. The Hall–Kier alpha value is -3.29. The molecule has 37 heavy (non-hydrogen) atoms. The second-order valence-electron chi connectivity index (χ2n) is 10.3. The van der Waals surface area contributed by atoms with E-state index in [1.807, 2.05) is 18.2 Å². The summed E-state index contributed by atoms with van der Waals surface area (Å²) in [6.07, 6.45) is 7.52. The summed E-state index contributed by atoms with van der Waals surface area (Å²) in [5, 5.41) is 14.8. The number of rotatable bonds is 5. The van der Waals surface area contributed by atoms with E-state index in [-0.39, 0.29) is 11.0 Å². The van der Waals surface area contributed by atoms with E-state index in [1.54, 1.807) is 12.1 Å². The van der Waals surface area contributed by atoms with Gasteiger partial charge >= 0.3 is 5.97 Å². The number of allylic oxidation sites excluding steroid dienone is 2. The number of carboxylic acids is 1. The van der Waals surface area contributed by atoms with Crippen LogP contribution in [0.4, 0.5) is 6.01 Å². The van der Waals surface area contributed by atoms with Gasteiger partial charge in [-0.1, -0.05) is 40.5 Å². The lowest BCUT2D eigenvalue weighted by molar-refractivity contribution is 0.0697. The van der Waals surface area contributed by atoms with E-state index in [0.717, 1.165) is 67.8 Å². The van der Waals surface area contributed by atoms with Gasteiger partial charge in [0.05, 0.1) is 15.6 Å². The average molecular weight is 536 g/mol. The van der Waals surface area contributed by atoms with Crippen LogP contribution in [0.1, 0.15) is 59.7 Å². The number of aromatic carboxylic acids is 1. The Morgan fingerprint density at radius 3 is 2.49 bits per heavy atom. The Kier molecular flexibility index (Phi) is 5.17. The number of halogens is 2. The number of fused-ring (bicyclic) bond motifs is 1. The van der Waals surface area contributed by atoms with Gasteiger partial charge in [-0.15, -0.1) is 0 Å². The Labute approximate surface area is 222 Å². The Balaban J connectivity index is 1.14. The minimum Gasteiger partial charge on any atom is -0.478 e. The lowest BCUT2D eigenvalue weighted by Crippen LogP contribution is -2.42. The van der Waals surface area contributed by atoms with Crippen LogP contribution in [0, 0.1) is 5.41 Å². The van der Waals surface area contributed by atoms with Crippen LogP contribution in [0.5, 0.6) is 0 Å². The second-order valence-corrected chi connectivity index (χ2v) is 11.1. The number of nitrogens with zero attached hydrogens (tertiary/aromatic N) is 3. The summed E-state index contributed by atoms with van der Waals surface area (Å²) in [5.41, 5.74) is 5.26. The number of hydrogen-bond donors (Lipinski definition) is 1. The summed E-state index contributed by atoms with van der Waals surface area (Å²) >= 11 is 13.1. The molecule has 3 heterocycles. The average Bonchev–Trinajstić information content (AvgIpc) is 3.48. The van der Waals surface area contributed by atoms with E-state index in [0.29, 0.717) is 33.1 Å². The van der Waals surface area contributed by atoms with Crippen LogP contribution in [0.25, 0.3) is 27.9 Å². The van der Waals surface area contributed by atoms with Crippen molar-refractivity contribution in [3.63, 3.8) is 0 Å². The zero-order chi connectivity index (χ0) is 25.3. The molecule has 1 N–H and O–H groups in total. The van der Waals surface area contributed by atoms with Crippen molar-refractivity contribution in [1.82, 2.24) is 10.1 Å². The molecular weight excluding hydrogens is 513 g/mol. The highest BCUT2D eigenvalue weighted by molar-refractivity contribution is 6.39. The van der Waals surface area contributed by atoms with E-state index in [2.05, 4.69) is 21.1 Å². The molecule has 2 aromatic heterocycles. The number of carboxylic acid groups (broad SMARTS) is 1. The van der Waals surface area contributed by atoms with Gasteiger partial charge in [-0.05, 0) is 73.4 Å². The van der Waals surface area contributed by atoms with Crippen molar-refractivity contribution in [3.8, 4) is 11.3 Å². The molecule has 0 bridgehead atoms. The highest BCUT2D eigenvalue weighted by Crippen LogP contribution is 2.56. The van der Waals surface area contributed by atoms with Gasteiger partial charge in [0.2, 0.25) is 0 Å².